The maximum atomic E-state index is 10.8. The summed E-state index contributed by atoms with van der Waals surface area (Å²) in [7, 11) is 0. The van der Waals surface area contributed by atoms with Crippen molar-refractivity contribution in [1.29, 1.82) is 0 Å². The van der Waals surface area contributed by atoms with Gasteiger partial charge in [-0.25, -0.2) is 4.63 Å². The quantitative estimate of drug-likeness (QED) is 0.605. The molecule has 0 atom stereocenters. The van der Waals surface area contributed by atoms with E-state index >= 15 is 0 Å². The van der Waals surface area contributed by atoms with Crippen molar-refractivity contribution in [2.24, 2.45) is 0 Å². The predicted molar refractivity (Wildman–Crippen MR) is 37.8 cm³/mol. The third kappa shape index (κ3) is 1.58. The van der Waals surface area contributed by atoms with Gasteiger partial charge in [-0.15, -0.1) is 0 Å². The van der Waals surface area contributed by atoms with Crippen LogP contribution in [0.2, 0.25) is 0 Å². The van der Waals surface area contributed by atoms with Gasteiger partial charge in [0.1, 0.15) is 0 Å². The van der Waals surface area contributed by atoms with E-state index in [1.165, 1.54) is 0 Å². The highest BCUT2D eigenvalue weighted by molar-refractivity contribution is 5.16. The third-order valence-corrected chi connectivity index (χ3v) is 1.11. The summed E-state index contributed by atoms with van der Waals surface area (Å²) in [4.78, 5) is 0.175. The van der Waals surface area contributed by atoms with Crippen LogP contribution in [0.15, 0.2) is 4.63 Å². The van der Waals surface area contributed by atoms with E-state index in [1.54, 1.807) is 13.8 Å². The van der Waals surface area contributed by atoms with Crippen molar-refractivity contribution >= 4 is 0 Å². The van der Waals surface area contributed by atoms with Gasteiger partial charge >= 0.3 is 11.8 Å². The molecule has 1 heterocycles. The topological polar surface area (TPSA) is 71.4 Å². The molecule has 0 amide bonds. The van der Waals surface area contributed by atoms with Crippen LogP contribution in [-0.4, -0.2) is 18.4 Å². The van der Waals surface area contributed by atoms with E-state index in [0.717, 1.165) is 0 Å². The van der Waals surface area contributed by atoms with Crippen molar-refractivity contribution in [2.75, 3.05) is 13.2 Å². The molecule has 1 aromatic rings. The minimum absolute atomic E-state index is 0.0284. The maximum absolute atomic E-state index is 10.8. The summed E-state index contributed by atoms with van der Waals surface area (Å²) >= 11 is 0. The molecular weight excluding hydrogens is 164 g/mol. The molecule has 0 N–H and O–H groups in total. The molecule has 12 heavy (non-hydrogen) atoms. The van der Waals surface area contributed by atoms with E-state index in [4.69, 9.17) is 9.47 Å². The van der Waals surface area contributed by atoms with Crippen LogP contribution in [0.5, 0.6) is 11.8 Å². The number of hydrogen-bond donors (Lipinski definition) is 0. The smallest absolute Gasteiger partial charge is 0.441 e. The second kappa shape index (κ2) is 3.80. The van der Waals surface area contributed by atoms with Crippen LogP contribution in [0, 0.1) is 5.21 Å². The Balaban J connectivity index is 2.80. The summed E-state index contributed by atoms with van der Waals surface area (Å²) < 4.78 is 14.2. The molecule has 0 radical (unpaired) electrons. The van der Waals surface area contributed by atoms with E-state index in [2.05, 4.69) is 9.79 Å². The largest absolute Gasteiger partial charge is 0.454 e. The molecular formula is C6H10N2O4. The predicted octanol–water partition coefficient (Wildman–Crippen LogP) is 0.105. The second-order valence-electron chi connectivity index (χ2n) is 1.91. The zero-order chi connectivity index (χ0) is 8.97. The first-order valence-corrected chi connectivity index (χ1v) is 3.64. The maximum Gasteiger partial charge on any atom is 0.441 e. The van der Waals surface area contributed by atoms with Crippen molar-refractivity contribution in [3.63, 3.8) is 0 Å². The first-order chi connectivity index (χ1) is 5.79. The molecule has 1 rings (SSSR count). The monoisotopic (exact) mass is 174 g/mol. The van der Waals surface area contributed by atoms with Gasteiger partial charge < -0.3 is 14.7 Å². The van der Waals surface area contributed by atoms with Crippen molar-refractivity contribution < 1.29 is 19.0 Å². The number of hydrogen-bond acceptors (Lipinski definition) is 5. The second-order valence-corrected chi connectivity index (χ2v) is 1.91. The summed E-state index contributed by atoms with van der Waals surface area (Å²) in [5.74, 6) is 0.0636. The van der Waals surface area contributed by atoms with Gasteiger partial charge in [0.15, 0.2) is 0 Å². The lowest BCUT2D eigenvalue weighted by Crippen LogP contribution is -2.25. The number of nitrogens with zero attached hydrogens (tertiary/aromatic N) is 2. The zero-order valence-electron chi connectivity index (χ0n) is 6.94. The van der Waals surface area contributed by atoms with Crippen LogP contribution in [0.25, 0.3) is 0 Å². The lowest BCUT2D eigenvalue weighted by molar-refractivity contribution is -0.805. The lowest BCUT2D eigenvalue weighted by Gasteiger charge is -1.97. The Labute approximate surface area is 69.2 Å². The molecule has 0 spiro atoms. The Bertz CT molecular complexity index is 248. The Morgan fingerprint density at radius 3 is 2.67 bits per heavy atom. The Morgan fingerprint density at radius 1 is 1.42 bits per heavy atom. The van der Waals surface area contributed by atoms with Crippen molar-refractivity contribution in [3.05, 3.63) is 5.21 Å². The number of rotatable bonds is 4. The molecule has 0 aliphatic carbocycles. The third-order valence-electron chi connectivity index (χ3n) is 1.11. The van der Waals surface area contributed by atoms with Gasteiger partial charge in [0.05, 0.1) is 18.4 Å². The normalized spacial score (nSPS) is 9.83. The fourth-order valence-corrected chi connectivity index (χ4v) is 0.704. The van der Waals surface area contributed by atoms with Gasteiger partial charge in [-0.3, -0.25) is 0 Å². The van der Waals surface area contributed by atoms with Gasteiger partial charge in [-0.05, 0) is 13.8 Å². The molecule has 6 nitrogen and oxygen atoms in total. The number of aromatic nitrogens is 2. The Hall–Kier alpha value is -1.46. The zero-order valence-corrected chi connectivity index (χ0v) is 6.94. The van der Waals surface area contributed by atoms with E-state index < -0.39 is 0 Å². The highest BCUT2D eigenvalue weighted by Crippen LogP contribution is 2.18. The van der Waals surface area contributed by atoms with Crippen molar-refractivity contribution in [2.45, 2.75) is 13.8 Å². The molecule has 6 heteroatoms. The van der Waals surface area contributed by atoms with Crippen LogP contribution in [0.1, 0.15) is 13.8 Å². The molecule has 0 aliphatic heterocycles. The van der Waals surface area contributed by atoms with Gasteiger partial charge in [-0.1, -0.05) is 0 Å². The molecule has 0 saturated heterocycles. The van der Waals surface area contributed by atoms with E-state index in [-0.39, 0.29) is 16.7 Å². The SMILES string of the molecule is CCOc1no[n+]([O-])c1OCC. The minimum Gasteiger partial charge on any atom is -0.454 e. The Kier molecular flexibility index (Phi) is 2.73. The fourth-order valence-electron chi connectivity index (χ4n) is 0.704. The molecule has 68 valence electrons. The number of ether oxygens (including phenoxy) is 2. The van der Waals surface area contributed by atoms with Crippen molar-refractivity contribution in [1.82, 2.24) is 5.16 Å². The first-order valence-electron chi connectivity index (χ1n) is 3.64. The molecule has 0 saturated carbocycles. The minimum atomic E-state index is -0.0284. The highest BCUT2D eigenvalue weighted by atomic mass is 16.8. The molecule has 1 aromatic heterocycles. The van der Waals surface area contributed by atoms with Crippen LogP contribution >= 0.6 is 0 Å². The van der Waals surface area contributed by atoms with Crippen LogP contribution in [0.3, 0.4) is 0 Å². The average molecular weight is 174 g/mol. The van der Waals surface area contributed by atoms with E-state index in [9.17, 15) is 5.21 Å². The van der Waals surface area contributed by atoms with Crippen LogP contribution in [-0.2, 0) is 0 Å². The lowest BCUT2D eigenvalue weighted by atomic mass is 10.7. The molecule has 0 aliphatic rings. The van der Waals surface area contributed by atoms with E-state index in [0.29, 0.717) is 13.2 Å². The molecule has 0 bridgehead atoms. The standard InChI is InChI=1S/C6H10N2O4/c1-3-10-5-6(11-4-2)8(9)12-7-5/h3-4H2,1-2H3. The van der Waals surface area contributed by atoms with Crippen LogP contribution < -0.4 is 14.4 Å². The summed E-state index contributed by atoms with van der Waals surface area (Å²) in [5.41, 5.74) is 0. The summed E-state index contributed by atoms with van der Waals surface area (Å²) in [5, 5.41) is 14.1. The molecule has 0 unspecified atom stereocenters. The van der Waals surface area contributed by atoms with Gasteiger partial charge in [0, 0.05) is 4.90 Å². The summed E-state index contributed by atoms with van der Waals surface area (Å²) in [6.07, 6.45) is 0. The van der Waals surface area contributed by atoms with Crippen molar-refractivity contribution in [3.8, 4) is 11.8 Å². The van der Waals surface area contributed by atoms with Gasteiger partial charge in [0.2, 0.25) is 0 Å². The molecule has 0 aromatic carbocycles. The van der Waals surface area contributed by atoms with E-state index in [1.807, 2.05) is 0 Å². The molecule has 0 fully saturated rings. The fraction of sp³-hybridized carbons (Fsp3) is 0.667. The highest BCUT2D eigenvalue weighted by Gasteiger charge is 2.21. The van der Waals surface area contributed by atoms with Gasteiger partial charge in [-0.2, -0.15) is 0 Å². The average Bonchev–Trinajstić information content (AvgIpc) is 2.37. The first kappa shape index (κ1) is 8.63. The van der Waals surface area contributed by atoms with Gasteiger partial charge in [0.25, 0.3) is 0 Å². The summed E-state index contributed by atoms with van der Waals surface area (Å²) in [6.45, 7) is 4.30. The Morgan fingerprint density at radius 2 is 2.08 bits per heavy atom. The van der Waals surface area contributed by atoms with Crippen LogP contribution in [0.4, 0.5) is 0 Å². The summed E-state index contributed by atoms with van der Waals surface area (Å²) in [6, 6.07) is 0.